The average molecular weight is 450 g/mol. The summed E-state index contributed by atoms with van der Waals surface area (Å²) in [6, 6.07) is -4.08. The number of hydrogen-bond acceptors (Lipinski definition) is 3. The van der Waals surface area contributed by atoms with Crippen LogP contribution in [0, 0.1) is 11.7 Å². The van der Waals surface area contributed by atoms with E-state index in [0.29, 0.717) is 0 Å². The SMILES string of the molecule is [2H]c1c([2H])c(C([2H])([2H])N(C(=O)NCc2ccc(OC([2H])([2H])C([2H])(C([2H])([2H])[2H])C([2H])([2H])[2H])cc2)C2CC([2H])([2H])N(C([2H])([2H])[2H])C([2H])([2H])C2)c([2H])c([2H])c1F. The smallest absolute Gasteiger partial charge is 0.318 e. The van der Waals surface area contributed by atoms with Gasteiger partial charge in [0.15, 0.2) is 0 Å². The Labute approximate surface area is 216 Å². The van der Waals surface area contributed by atoms with Crippen LogP contribution in [0.3, 0.4) is 0 Å². The molecule has 3 rings (SSSR count). The Hall–Kier alpha value is -2.60. The van der Waals surface area contributed by atoms with E-state index < -0.39 is 125 Å². The molecule has 1 fully saturated rings. The van der Waals surface area contributed by atoms with Crippen LogP contribution in [0.1, 0.15) is 67.8 Å². The van der Waals surface area contributed by atoms with Crippen LogP contribution < -0.4 is 10.1 Å². The molecule has 0 aliphatic carbocycles. The quantitative estimate of drug-likeness (QED) is 0.637. The topological polar surface area (TPSA) is 44.8 Å². The number of hydrogen-bond donors (Lipinski definition) is 1. The predicted octanol–water partition coefficient (Wildman–Crippen LogP) is 4.67. The molecule has 2 aromatic carbocycles. The van der Waals surface area contributed by atoms with Crippen molar-refractivity contribution in [1.29, 1.82) is 0 Å². The van der Waals surface area contributed by atoms with Crippen LogP contribution in [0.15, 0.2) is 48.4 Å². The Balaban J connectivity index is 2.03. The highest BCUT2D eigenvalue weighted by molar-refractivity contribution is 5.74. The van der Waals surface area contributed by atoms with E-state index in [4.69, 9.17) is 34.9 Å². The summed E-state index contributed by atoms with van der Waals surface area (Å²) < 4.78 is 195. The number of rotatable bonds is 8. The number of piperidine rings is 1. The minimum absolute atomic E-state index is 0.0598. The van der Waals surface area contributed by atoms with Gasteiger partial charge in [0.1, 0.15) is 11.6 Å². The first-order valence-corrected chi connectivity index (χ1v) is 8.98. The second-order valence-corrected chi connectivity index (χ2v) is 6.27. The van der Waals surface area contributed by atoms with Crippen molar-refractivity contribution in [2.75, 3.05) is 26.5 Å². The molecule has 168 valence electrons. The molecule has 6 heteroatoms. The molecule has 1 N–H and O–H groups in total. The first-order valence-electron chi connectivity index (χ1n) is 20.0. The number of ether oxygens (including phenoxy) is 1. The molecule has 0 unspecified atom stereocenters. The van der Waals surface area contributed by atoms with Crippen LogP contribution in [0.5, 0.6) is 5.75 Å². The van der Waals surface area contributed by atoms with Crippen molar-refractivity contribution in [1.82, 2.24) is 15.1 Å². The zero-order valence-electron chi connectivity index (χ0n) is 38.1. The lowest BCUT2D eigenvalue weighted by atomic mass is 10.0. The number of nitrogens with one attached hydrogen (secondary N) is 1. The van der Waals surface area contributed by atoms with Gasteiger partial charge in [0.25, 0.3) is 0 Å². The Morgan fingerprint density at radius 2 is 2.03 bits per heavy atom. The Kier molecular flexibility index (Phi) is 2.79. The molecule has 1 saturated heterocycles. The third-order valence-electron chi connectivity index (χ3n) is 4.02. The molecular formula is C25H34FN3O2. The van der Waals surface area contributed by atoms with E-state index in [0.717, 1.165) is 24.3 Å². The van der Waals surface area contributed by atoms with E-state index in [1.54, 1.807) is 0 Å². The van der Waals surface area contributed by atoms with Crippen molar-refractivity contribution in [2.45, 2.75) is 45.6 Å². The van der Waals surface area contributed by atoms with Crippen LogP contribution in [-0.4, -0.2) is 48.4 Å². The van der Waals surface area contributed by atoms with Crippen LogP contribution in [0.2, 0.25) is 0 Å². The zero-order valence-corrected chi connectivity index (χ0v) is 16.1. The Morgan fingerprint density at radius 3 is 2.68 bits per heavy atom. The molecule has 0 saturated carbocycles. The highest BCUT2D eigenvalue weighted by atomic mass is 19.1. The third-order valence-corrected chi connectivity index (χ3v) is 4.02. The maximum absolute atomic E-state index is 14.4. The van der Waals surface area contributed by atoms with Gasteiger partial charge in [-0.3, -0.25) is 0 Å². The van der Waals surface area contributed by atoms with E-state index >= 15 is 0 Å². The molecule has 1 aliphatic heterocycles. The fraction of sp³-hybridized carbons (Fsp3) is 0.480. The number of amides is 2. The molecule has 1 aliphatic rings. The second kappa shape index (κ2) is 11.1. The molecule has 0 radical (unpaired) electrons. The first kappa shape index (κ1) is 7.77. The van der Waals surface area contributed by atoms with E-state index in [1.165, 1.54) is 0 Å². The molecule has 5 nitrogen and oxygen atoms in total. The van der Waals surface area contributed by atoms with Crippen LogP contribution in [0.4, 0.5) is 9.18 Å². The van der Waals surface area contributed by atoms with Crippen LogP contribution >= 0.6 is 0 Å². The molecule has 31 heavy (non-hydrogen) atoms. The summed E-state index contributed by atoms with van der Waals surface area (Å²) in [5.74, 6) is -5.82. The largest absolute Gasteiger partial charge is 0.493 e. The monoisotopic (exact) mass is 449 g/mol. The molecule has 0 spiro atoms. The van der Waals surface area contributed by atoms with Crippen LogP contribution in [-0.2, 0) is 13.0 Å². The number of carbonyl (C=O) groups excluding carboxylic acids is 1. The van der Waals surface area contributed by atoms with E-state index in [2.05, 4.69) is 5.32 Å². The van der Waals surface area contributed by atoms with Gasteiger partial charge >= 0.3 is 6.03 Å². The van der Waals surface area contributed by atoms with Crippen molar-refractivity contribution in [3.05, 3.63) is 65.4 Å². The normalized spacial score (nSPS) is 31.3. The lowest BCUT2D eigenvalue weighted by molar-refractivity contribution is 0.127. The van der Waals surface area contributed by atoms with Crippen molar-refractivity contribution < 1.29 is 44.1 Å². The molecular weight excluding hydrogens is 393 g/mol. The van der Waals surface area contributed by atoms with E-state index in [1.807, 2.05) is 0 Å². The maximum Gasteiger partial charge on any atom is 0.318 e. The lowest BCUT2D eigenvalue weighted by Gasteiger charge is -2.37. The zero-order chi connectivity index (χ0) is 41.3. The number of benzene rings is 2. The lowest BCUT2D eigenvalue weighted by Crippen LogP contribution is -2.49. The number of urea groups is 1. The van der Waals surface area contributed by atoms with Gasteiger partial charge in [0, 0.05) is 38.3 Å². The molecule has 2 amide bonds. The number of halogens is 1. The summed E-state index contributed by atoms with van der Waals surface area (Å²) in [6.45, 7) is -24.5. The summed E-state index contributed by atoms with van der Waals surface area (Å²) in [6.07, 6.45) is -2.08. The van der Waals surface area contributed by atoms with Gasteiger partial charge in [-0.25, -0.2) is 9.18 Å². The number of likely N-dealkylation sites (tertiary alicyclic amines) is 1. The Bertz CT molecular complexity index is 1630. The highest BCUT2D eigenvalue weighted by Gasteiger charge is 2.27. The fourth-order valence-corrected chi connectivity index (χ4v) is 2.53. The average Bonchev–Trinajstić information content (AvgIpc) is 2.94. The second-order valence-electron chi connectivity index (χ2n) is 6.27. The van der Waals surface area contributed by atoms with E-state index in [-0.39, 0.29) is 15.4 Å². The van der Waals surface area contributed by atoms with Crippen molar-refractivity contribution in [3.63, 3.8) is 0 Å². The molecule has 0 bridgehead atoms. The summed E-state index contributed by atoms with van der Waals surface area (Å²) in [4.78, 5) is 14.0. The highest BCUT2D eigenvalue weighted by Crippen LogP contribution is 2.19. The van der Waals surface area contributed by atoms with Gasteiger partial charge in [-0.2, -0.15) is 0 Å². The summed E-state index contributed by atoms with van der Waals surface area (Å²) in [7, 11) is 0. The van der Waals surface area contributed by atoms with Gasteiger partial charge in [0.2, 0.25) is 0 Å². The van der Waals surface area contributed by atoms with Gasteiger partial charge in [-0.15, -0.1) is 0 Å². The molecule has 1 heterocycles. The first-order chi connectivity index (χ1) is 23.6. The molecule has 2 aromatic rings. The summed E-state index contributed by atoms with van der Waals surface area (Å²) >= 11 is 0. The van der Waals surface area contributed by atoms with Gasteiger partial charge in [-0.1, -0.05) is 37.9 Å². The van der Waals surface area contributed by atoms with Gasteiger partial charge in [-0.05, 0) is 74.0 Å². The predicted molar refractivity (Wildman–Crippen MR) is 121 cm³/mol. The maximum atomic E-state index is 14.4. The fourth-order valence-electron chi connectivity index (χ4n) is 2.53. The van der Waals surface area contributed by atoms with Crippen molar-refractivity contribution >= 4 is 6.03 Å². The summed E-state index contributed by atoms with van der Waals surface area (Å²) in [5, 5.41) is 2.27. The summed E-state index contributed by atoms with van der Waals surface area (Å²) in [5.41, 5.74) is -1.04. The Morgan fingerprint density at radius 1 is 1.32 bits per heavy atom. The van der Waals surface area contributed by atoms with Gasteiger partial charge in [0.05, 0.1) is 17.5 Å². The standard InChI is InChI=1S/C25H34FN3O2/c1-19(2)18-31-24-10-6-20(7-11-24)16-27-25(30)29(23-12-14-28(3)15-13-23)17-21-4-8-22(26)9-5-21/h4-11,19,23H,12-18H2,1-3H3,(H,27,30)/i1D3,2D3,3D3,4D,5D,8D,9D,14D2,15D2,17D2,18D2,19D. The van der Waals surface area contributed by atoms with Gasteiger partial charge < -0.3 is 19.9 Å². The van der Waals surface area contributed by atoms with Crippen molar-refractivity contribution in [2.24, 2.45) is 5.89 Å². The van der Waals surface area contributed by atoms with Crippen LogP contribution in [0.25, 0.3) is 0 Å². The number of carbonyl (C=O) groups is 1. The molecule has 0 atom stereocenters. The third kappa shape index (κ3) is 7.24. The minimum Gasteiger partial charge on any atom is -0.493 e. The van der Waals surface area contributed by atoms with Crippen molar-refractivity contribution in [3.8, 4) is 5.75 Å². The minimum atomic E-state index is -3.74. The van der Waals surface area contributed by atoms with E-state index in [9.17, 15) is 9.18 Å². The molecule has 0 aromatic heterocycles. The number of nitrogens with zero attached hydrogens (tertiary/aromatic N) is 2.